The predicted molar refractivity (Wildman–Crippen MR) is 102 cm³/mol. The second kappa shape index (κ2) is 8.99. The van der Waals surface area contributed by atoms with Gasteiger partial charge in [-0.2, -0.15) is 0 Å². The van der Waals surface area contributed by atoms with Crippen LogP contribution >= 0.6 is 0 Å². The molecular weight excluding hydrogens is 420 g/mol. The molecule has 0 fully saturated rings. The number of Topliss-reactive ketones (excluding diaryl/α,β-unsaturated/α-hetero) is 1. The van der Waals surface area contributed by atoms with E-state index in [1.54, 1.807) is 12.1 Å². The minimum Gasteiger partial charge on any atom is -0.497 e. The Morgan fingerprint density at radius 2 is 1.94 bits per heavy atom. The summed E-state index contributed by atoms with van der Waals surface area (Å²) in [6.07, 6.45) is -2.55. The Morgan fingerprint density at radius 3 is 2.55 bits per heavy atom. The van der Waals surface area contributed by atoms with Crippen LogP contribution in [-0.2, 0) is 0 Å². The first-order valence-corrected chi connectivity index (χ1v) is 8.93. The summed E-state index contributed by atoms with van der Waals surface area (Å²) in [6.45, 7) is 0. The van der Waals surface area contributed by atoms with Gasteiger partial charge in [0.25, 0.3) is 0 Å². The summed E-state index contributed by atoms with van der Waals surface area (Å²) in [6, 6.07) is 8.60. The Morgan fingerprint density at radius 1 is 1.16 bits per heavy atom. The quantitative estimate of drug-likeness (QED) is 0.443. The van der Waals surface area contributed by atoms with E-state index >= 15 is 0 Å². The third-order valence-corrected chi connectivity index (χ3v) is 4.42. The number of H-pyrrole nitrogens is 1. The van der Waals surface area contributed by atoms with Gasteiger partial charge in [-0.15, -0.1) is 13.2 Å². The van der Waals surface area contributed by atoms with Gasteiger partial charge in [-0.1, -0.05) is 6.07 Å². The van der Waals surface area contributed by atoms with Crippen LogP contribution in [0, 0.1) is 5.82 Å². The Labute approximate surface area is 173 Å². The molecule has 0 aliphatic carbocycles. The predicted octanol–water partition coefficient (Wildman–Crippen LogP) is 4.22. The Hall–Kier alpha value is -3.69. The van der Waals surface area contributed by atoms with Crippen LogP contribution in [0.25, 0.3) is 0 Å². The molecule has 2 aromatic heterocycles. The van der Waals surface area contributed by atoms with Crippen molar-refractivity contribution in [3.8, 4) is 11.5 Å². The molecule has 0 spiro atoms. The number of hydrogen-bond donors (Lipinski definition) is 1. The van der Waals surface area contributed by atoms with Crippen LogP contribution in [0.1, 0.15) is 34.0 Å². The molecule has 2 heterocycles. The molecule has 1 aromatic carbocycles. The smallest absolute Gasteiger partial charge is 0.497 e. The lowest BCUT2D eigenvalue weighted by molar-refractivity contribution is -0.275. The Kier molecular flexibility index (Phi) is 6.38. The van der Waals surface area contributed by atoms with Crippen molar-refractivity contribution in [1.82, 2.24) is 9.97 Å². The normalized spacial score (nSPS) is 12.3. The summed E-state index contributed by atoms with van der Waals surface area (Å²) in [5, 5.41) is 0. The number of nitrogens with zero attached hydrogens (tertiary/aromatic N) is 1. The van der Waals surface area contributed by atoms with Crippen LogP contribution in [0.2, 0.25) is 0 Å². The zero-order valence-corrected chi connectivity index (χ0v) is 16.1. The van der Waals surface area contributed by atoms with Crippen molar-refractivity contribution in [2.24, 2.45) is 0 Å². The van der Waals surface area contributed by atoms with Gasteiger partial charge in [0, 0.05) is 42.4 Å². The summed E-state index contributed by atoms with van der Waals surface area (Å²) in [5.41, 5.74) is 0.390. The molecule has 31 heavy (non-hydrogen) atoms. The van der Waals surface area contributed by atoms with Gasteiger partial charge < -0.3 is 14.5 Å². The van der Waals surface area contributed by atoms with E-state index < -0.39 is 23.8 Å². The molecule has 1 atom stereocenters. The molecule has 10 heteroatoms. The number of alkyl halides is 3. The topological polar surface area (TPSA) is 81.3 Å². The van der Waals surface area contributed by atoms with Gasteiger partial charge in [0.15, 0.2) is 17.3 Å². The molecule has 1 N–H and O–H groups in total. The number of rotatable bonds is 7. The molecule has 0 radical (unpaired) electrons. The van der Waals surface area contributed by atoms with Crippen molar-refractivity contribution in [3.63, 3.8) is 0 Å². The number of ether oxygens (including phenoxy) is 2. The van der Waals surface area contributed by atoms with E-state index in [0.29, 0.717) is 11.4 Å². The van der Waals surface area contributed by atoms with Crippen molar-refractivity contribution >= 4 is 5.78 Å². The lowest BCUT2D eigenvalue weighted by atomic mass is 9.88. The molecule has 3 rings (SSSR count). The number of aromatic amines is 1. The summed E-state index contributed by atoms with van der Waals surface area (Å²) < 4.78 is 60.4. The lowest BCUT2D eigenvalue weighted by Crippen LogP contribution is -2.18. The monoisotopic (exact) mass is 436 g/mol. The summed E-state index contributed by atoms with van der Waals surface area (Å²) in [5.74, 6) is -2.98. The van der Waals surface area contributed by atoms with Crippen molar-refractivity contribution in [3.05, 3.63) is 87.9 Å². The molecule has 0 amide bonds. The standard InChI is InChI=1S/C21H16F4N2O4/c1-30-14-6-7-26-17(9-14)15(10-18(28)13-3-5-20(29)27-11-13)12-2-4-19(16(22)8-12)31-21(23,24)25/h2-9,11,15H,10H2,1H3,(H,27,29). The van der Waals surface area contributed by atoms with E-state index in [4.69, 9.17) is 4.74 Å². The SMILES string of the molecule is COc1ccnc(C(CC(=O)c2ccc(=O)[nH]c2)c2ccc(OC(F)(F)F)c(F)c2)c1. The Balaban J connectivity index is 1.99. The number of benzene rings is 1. The van der Waals surface area contributed by atoms with E-state index in [0.717, 1.165) is 12.1 Å². The van der Waals surface area contributed by atoms with Crippen LogP contribution in [-0.4, -0.2) is 29.2 Å². The molecule has 0 aliphatic rings. The number of halogens is 4. The zero-order chi connectivity index (χ0) is 22.6. The highest BCUT2D eigenvalue weighted by atomic mass is 19.4. The van der Waals surface area contributed by atoms with E-state index in [1.807, 2.05) is 0 Å². The van der Waals surface area contributed by atoms with Crippen molar-refractivity contribution in [2.45, 2.75) is 18.7 Å². The molecule has 0 saturated carbocycles. The van der Waals surface area contributed by atoms with Gasteiger partial charge in [0.2, 0.25) is 5.56 Å². The number of nitrogens with one attached hydrogen (secondary N) is 1. The number of carbonyl (C=O) groups excluding carboxylic acids is 1. The number of methoxy groups -OCH3 is 1. The molecular formula is C21H16F4N2O4. The average Bonchev–Trinajstić information content (AvgIpc) is 2.73. The highest BCUT2D eigenvalue weighted by Crippen LogP contribution is 2.33. The maximum absolute atomic E-state index is 14.3. The molecule has 6 nitrogen and oxygen atoms in total. The highest BCUT2D eigenvalue weighted by molar-refractivity contribution is 5.96. The summed E-state index contributed by atoms with van der Waals surface area (Å²) >= 11 is 0. The maximum Gasteiger partial charge on any atom is 0.573 e. The molecule has 0 bridgehead atoms. The van der Waals surface area contributed by atoms with Crippen LogP contribution in [0.3, 0.4) is 0 Å². The fourth-order valence-corrected chi connectivity index (χ4v) is 2.97. The fraction of sp³-hybridized carbons (Fsp3) is 0.190. The van der Waals surface area contributed by atoms with E-state index in [2.05, 4.69) is 14.7 Å². The zero-order valence-electron chi connectivity index (χ0n) is 16.1. The number of carbonyl (C=O) groups is 1. The number of pyridine rings is 2. The van der Waals surface area contributed by atoms with Gasteiger partial charge >= 0.3 is 6.36 Å². The van der Waals surface area contributed by atoms with E-state index in [1.165, 1.54) is 37.7 Å². The van der Waals surface area contributed by atoms with Crippen molar-refractivity contribution in [1.29, 1.82) is 0 Å². The minimum atomic E-state index is -5.05. The first-order chi connectivity index (χ1) is 14.7. The van der Waals surface area contributed by atoms with Crippen molar-refractivity contribution in [2.75, 3.05) is 7.11 Å². The van der Waals surface area contributed by atoms with Crippen LogP contribution in [0.5, 0.6) is 11.5 Å². The molecule has 0 aliphatic heterocycles. The van der Waals surface area contributed by atoms with Crippen molar-refractivity contribution < 1.29 is 31.8 Å². The van der Waals surface area contributed by atoms with Gasteiger partial charge in [-0.25, -0.2) is 4.39 Å². The molecule has 162 valence electrons. The fourth-order valence-electron chi connectivity index (χ4n) is 2.97. The van der Waals surface area contributed by atoms with Crippen LogP contribution in [0.15, 0.2) is 59.7 Å². The first-order valence-electron chi connectivity index (χ1n) is 8.93. The molecule has 0 saturated heterocycles. The largest absolute Gasteiger partial charge is 0.573 e. The van der Waals surface area contributed by atoms with Gasteiger partial charge in [-0.05, 0) is 29.8 Å². The van der Waals surface area contributed by atoms with Crippen LogP contribution in [0.4, 0.5) is 17.6 Å². The van der Waals surface area contributed by atoms with Gasteiger partial charge in [0.1, 0.15) is 5.75 Å². The number of hydrogen-bond acceptors (Lipinski definition) is 5. The second-order valence-corrected chi connectivity index (χ2v) is 6.48. The van der Waals surface area contributed by atoms with Gasteiger partial charge in [0.05, 0.1) is 12.8 Å². The highest BCUT2D eigenvalue weighted by Gasteiger charge is 2.33. The molecule has 1 unspecified atom stereocenters. The minimum absolute atomic E-state index is 0.189. The summed E-state index contributed by atoms with van der Waals surface area (Å²) in [7, 11) is 1.43. The van der Waals surface area contributed by atoms with Gasteiger partial charge in [-0.3, -0.25) is 14.6 Å². The molecule has 3 aromatic rings. The van der Waals surface area contributed by atoms with Crippen LogP contribution < -0.4 is 15.0 Å². The second-order valence-electron chi connectivity index (χ2n) is 6.48. The number of ketones is 1. The summed E-state index contributed by atoms with van der Waals surface area (Å²) in [4.78, 5) is 30.6. The average molecular weight is 436 g/mol. The van der Waals surface area contributed by atoms with E-state index in [-0.39, 0.29) is 28.9 Å². The van der Waals surface area contributed by atoms with E-state index in [9.17, 15) is 27.2 Å². The third kappa shape index (κ3) is 5.68. The maximum atomic E-state index is 14.3. The Bertz CT molecular complexity index is 1120. The lowest BCUT2D eigenvalue weighted by Gasteiger charge is -2.18. The third-order valence-electron chi connectivity index (χ3n) is 4.42. The number of aromatic nitrogens is 2. The first kappa shape index (κ1) is 22.0.